The van der Waals surface area contributed by atoms with E-state index in [0.29, 0.717) is 25.0 Å². The highest BCUT2D eigenvalue weighted by atomic mass is 16.3. The van der Waals surface area contributed by atoms with E-state index in [1.54, 1.807) is 0 Å². The Labute approximate surface area is 78.0 Å². The maximum Gasteiger partial charge on any atom is 0.0465 e. The zero-order valence-corrected chi connectivity index (χ0v) is 7.63. The summed E-state index contributed by atoms with van der Waals surface area (Å²) in [4.78, 5) is 0. The van der Waals surface area contributed by atoms with Crippen LogP contribution >= 0.6 is 0 Å². The predicted molar refractivity (Wildman–Crippen MR) is 46.7 cm³/mol. The van der Waals surface area contributed by atoms with Crippen LogP contribution in [0.25, 0.3) is 0 Å². The van der Waals surface area contributed by atoms with Crippen molar-refractivity contribution in [2.24, 2.45) is 47.3 Å². The summed E-state index contributed by atoms with van der Waals surface area (Å²) in [6.07, 6.45) is 1.43. The van der Waals surface area contributed by atoms with Gasteiger partial charge in [0.1, 0.15) is 0 Å². The molecule has 5 aliphatic carbocycles. The minimum absolute atomic E-state index is 0.318. The van der Waals surface area contributed by atoms with Crippen LogP contribution in [0.15, 0.2) is 0 Å². The Morgan fingerprint density at radius 2 is 1.23 bits per heavy atom. The molecule has 72 valence electrons. The summed E-state index contributed by atoms with van der Waals surface area (Å²) in [5.74, 6) is 6.40. The molecule has 0 saturated heterocycles. The predicted octanol–water partition coefficient (Wildman–Crippen LogP) is 0.345. The average molecular weight is 180 g/mol. The zero-order chi connectivity index (χ0) is 8.74. The first-order chi connectivity index (χ1) is 6.38. The molecule has 0 amide bonds. The van der Waals surface area contributed by atoms with Gasteiger partial charge in [0.05, 0.1) is 0 Å². The lowest BCUT2D eigenvalue weighted by Gasteiger charge is -2.27. The Morgan fingerprint density at radius 1 is 0.769 bits per heavy atom. The van der Waals surface area contributed by atoms with Crippen LogP contribution in [0.1, 0.15) is 6.42 Å². The fourth-order valence-electron chi connectivity index (χ4n) is 5.57. The zero-order valence-electron chi connectivity index (χ0n) is 7.63. The molecule has 0 aromatic rings. The first-order valence-electron chi connectivity index (χ1n) is 5.60. The van der Waals surface area contributed by atoms with Gasteiger partial charge in [-0.05, 0) is 53.8 Å². The van der Waals surface area contributed by atoms with E-state index >= 15 is 0 Å². The van der Waals surface area contributed by atoms with Gasteiger partial charge in [-0.3, -0.25) is 0 Å². The third-order valence-corrected chi connectivity index (χ3v) is 5.67. The lowest BCUT2D eigenvalue weighted by Crippen LogP contribution is -2.29. The minimum Gasteiger partial charge on any atom is -0.396 e. The second-order valence-electron chi connectivity index (χ2n) is 5.57. The van der Waals surface area contributed by atoms with Crippen LogP contribution in [-0.2, 0) is 0 Å². The Hall–Kier alpha value is -0.0800. The summed E-state index contributed by atoms with van der Waals surface area (Å²) < 4.78 is 0. The van der Waals surface area contributed by atoms with Crippen molar-refractivity contribution in [3.05, 3.63) is 0 Å². The lowest BCUT2D eigenvalue weighted by molar-refractivity contribution is 0.0748. The molecular weight excluding hydrogens is 164 g/mol. The van der Waals surface area contributed by atoms with E-state index in [1.807, 2.05) is 0 Å². The van der Waals surface area contributed by atoms with E-state index in [-0.39, 0.29) is 0 Å². The van der Waals surface area contributed by atoms with Gasteiger partial charge in [-0.1, -0.05) is 0 Å². The van der Waals surface area contributed by atoms with Crippen molar-refractivity contribution in [1.82, 2.24) is 0 Å². The fraction of sp³-hybridized carbons (Fsp3) is 1.00. The van der Waals surface area contributed by atoms with Gasteiger partial charge in [0.2, 0.25) is 0 Å². The summed E-state index contributed by atoms with van der Waals surface area (Å²) in [6.45, 7) is 0.637. The van der Waals surface area contributed by atoms with Crippen molar-refractivity contribution < 1.29 is 10.2 Å². The van der Waals surface area contributed by atoms with Crippen LogP contribution in [0.4, 0.5) is 0 Å². The van der Waals surface area contributed by atoms with Gasteiger partial charge in [0, 0.05) is 13.2 Å². The number of rotatable bonds is 2. The molecule has 0 aromatic carbocycles. The fourth-order valence-corrected chi connectivity index (χ4v) is 5.57. The van der Waals surface area contributed by atoms with Gasteiger partial charge in [0.25, 0.3) is 0 Å². The van der Waals surface area contributed by atoms with Crippen molar-refractivity contribution in [1.29, 1.82) is 0 Å². The third kappa shape index (κ3) is 0.556. The summed E-state index contributed by atoms with van der Waals surface area (Å²) in [7, 11) is 0. The number of aliphatic hydroxyl groups is 2. The molecule has 2 N–H and O–H groups in total. The highest BCUT2D eigenvalue weighted by molar-refractivity contribution is 5.26. The number of hydrogen-bond donors (Lipinski definition) is 2. The molecule has 0 aromatic heterocycles. The van der Waals surface area contributed by atoms with E-state index < -0.39 is 0 Å². The second-order valence-corrected chi connectivity index (χ2v) is 5.57. The molecule has 13 heavy (non-hydrogen) atoms. The maximum atomic E-state index is 9.35. The van der Waals surface area contributed by atoms with Gasteiger partial charge >= 0.3 is 0 Å². The Bertz CT molecular complexity index is 241. The molecule has 0 heterocycles. The van der Waals surface area contributed by atoms with Crippen LogP contribution in [0.5, 0.6) is 0 Å². The van der Waals surface area contributed by atoms with Crippen LogP contribution in [0.2, 0.25) is 0 Å². The molecule has 2 unspecified atom stereocenters. The molecule has 0 spiro atoms. The minimum atomic E-state index is 0.318. The van der Waals surface area contributed by atoms with Crippen molar-refractivity contribution >= 4 is 0 Å². The van der Waals surface area contributed by atoms with Gasteiger partial charge in [-0.25, -0.2) is 0 Å². The van der Waals surface area contributed by atoms with Crippen LogP contribution in [0, 0.1) is 47.3 Å². The molecule has 0 aliphatic heterocycles. The quantitative estimate of drug-likeness (QED) is 0.643. The molecule has 2 heteroatoms. The third-order valence-electron chi connectivity index (χ3n) is 5.67. The maximum absolute atomic E-state index is 9.35. The van der Waals surface area contributed by atoms with Crippen molar-refractivity contribution in [3.63, 3.8) is 0 Å². The summed E-state index contributed by atoms with van der Waals surface area (Å²) in [5.41, 5.74) is 0. The van der Waals surface area contributed by atoms with E-state index in [1.165, 1.54) is 6.42 Å². The molecule has 5 saturated carbocycles. The van der Waals surface area contributed by atoms with Crippen molar-refractivity contribution in [3.8, 4) is 0 Å². The normalized spacial score (nSPS) is 70.6. The summed E-state index contributed by atoms with van der Waals surface area (Å²) >= 11 is 0. The Balaban J connectivity index is 1.76. The summed E-state index contributed by atoms with van der Waals surface area (Å²) in [6, 6.07) is 0. The second kappa shape index (κ2) is 1.96. The Morgan fingerprint density at radius 3 is 1.62 bits per heavy atom. The molecule has 5 fully saturated rings. The monoisotopic (exact) mass is 180 g/mol. The Kier molecular flexibility index (Phi) is 1.09. The SMILES string of the molecule is OC[C@@H]1[C@H](CO)[C@H]2C3CC4[C@@H]2[C@H]4[C@@H]31. The van der Waals surface area contributed by atoms with E-state index in [2.05, 4.69) is 0 Å². The smallest absolute Gasteiger partial charge is 0.0465 e. The first kappa shape index (κ1) is 7.24. The van der Waals surface area contributed by atoms with Crippen LogP contribution < -0.4 is 0 Å². The summed E-state index contributed by atoms with van der Waals surface area (Å²) in [5, 5.41) is 18.7. The average Bonchev–Trinajstić information content (AvgIpc) is 2.59. The molecule has 2 nitrogen and oxygen atoms in total. The molecule has 0 radical (unpaired) electrons. The van der Waals surface area contributed by atoms with Crippen LogP contribution in [-0.4, -0.2) is 23.4 Å². The van der Waals surface area contributed by atoms with Crippen LogP contribution in [0.3, 0.4) is 0 Å². The lowest BCUT2D eigenvalue weighted by atomic mass is 9.80. The highest BCUT2D eigenvalue weighted by Crippen LogP contribution is 2.83. The highest BCUT2D eigenvalue weighted by Gasteiger charge is 2.79. The number of hydrogen-bond acceptors (Lipinski definition) is 2. The largest absolute Gasteiger partial charge is 0.396 e. The molecule has 5 aliphatic rings. The van der Waals surface area contributed by atoms with Crippen molar-refractivity contribution in [2.75, 3.05) is 13.2 Å². The van der Waals surface area contributed by atoms with E-state index in [0.717, 1.165) is 35.5 Å². The van der Waals surface area contributed by atoms with E-state index in [9.17, 15) is 10.2 Å². The van der Waals surface area contributed by atoms with Crippen molar-refractivity contribution in [2.45, 2.75) is 6.42 Å². The first-order valence-corrected chi connectivity index (χ1v) is 5.60. The van der Waals surface area contributed by atoms with Gasteiger partial charge in [0.15, 0.2) is 0 Å². The van der Waals surface area contributed by atoms with Gasteiger partial charge in [-0.15, -0.1) is 0 Å². The molecule has 5 rings (SSSR count). The standard InChI is InChI=1S/C11H16O2/c12-2-6-7(3-13)9-4-1-5-10(8(4)6)11(5)9/h4-13H,1-3H2/t4?,5?,6-,7+,8+,9-,10-,11+. The topological polar surface area (TPSA) is 40.5 Å². The van der Waals surface area contributed by atoms with Gasteiger partial charge < -0.3 is 10.2 Å². The van der Waals surface area contributed by atoms with E-state index in [4.69, 9.17) is 0 Å². The molecule has 8 atom stereocenters. The van der Waals surface area contributed by atoms with Gasteiger partial charge in [-0.2, -0.15) is 0 Å². The number of aliphatic hydroxyl groups excluding tert-OH is 2. The molecular formula is C11H16O2. The molecule has 6 bridgehead atoms.